The number of nitro benzene ring substituents is 1. The predicted molar refractivity (Wildman–Crippen MR) is 113 cm³/mol. The van der Waals surface area contributed by atoms with Crippen LogP contribution >= 0.6 is 0 Å². The summed E-state index contributed by atoms with van der Waals surface area (Å²) in [4.78, 5) is 37.5. The van der Waals surface area contributed by atoms with Crippen molar-refractivity contribution in [3.8, 4) is 17.4 Å². The first-order valence-corrected chi connectivity index (χ1v) is 9.83. The van der Waals surface area contributed by atoms with E-state index in [1.165, 1.54) is 12.1 Å². The van der Waals surface area contributed by atoms with Gasteiger partial charge in [0, 0.05) is 18.2 Å². The average molecular weight is 419 g/mol. The van der Waals surface area contributed by atoms with Crippen molar-refractivity contribution in [2.24, 2.45) is 0 Å². The number of amides is 2. The number of nitriles is 1. The Morgan fingerprint density at radius 1 is 1.19 bits per heavy atom. The fourth-order valence-electron chi connectivity index (χ4n) is 3.37. The Kier molecular flexibility index (Phi) is 6.16. The smallest absolute Gasteiger partial charge is 0.280 e. The van der Waals surface area contributed by atoms with Crippen molar-refractivity contribution in [1.29, 1.82) is 5.26 Å². The minimum Gasteiger partial charge on any atom is -0.456 e. The van der Waals surface area contributed by atoms with Gasteiger partial charge in [0.15, 0.2) is 0 Å². The molecule has 31 heavy (non-hydrogen) atoms. The number of imide groups is 1. The van der Waals surface area contributed by atoms with Gasteiger partial charge < -0.3 is 4.42 Å². The van der Waals surface area contributed by atoms with Gasteiger partial charge >= 0.3 is 0 Å². The van der Waals surface area contributed by atoms with Crippen LogP contribution in [0.5, 0.6) is 0 Å². The lowest BCUT2D eigenvalue weighted by molar-refractivity contribution is -0.384. The highest BCUT2D eigenvalue weighted by Gasteiger charge is 2.35. The number of nitrogens with zero attached hydrogens (tertiary/aromatic N) is 3. The van der Waals surface area contributed by atoms with Crippen LogP contribution in [0, 0.1) is 28.4 Å². The third-order valence-corrected chi connectivity index (χ3v) is 5.09. The molecule has 0 unspecified atom stereocenters. The summed E-state index contributed by atoms with van der Waals surface area (Å²) in [5, 5.41) is 20.8. The summed E-state index contributed by atoms with van der Waals surface area (Å²) in [6.07, 6.45) is 2.88. The predicted octanol–water partition coefficient (Wildman–Crippen LogP) is 4.56. The molecule has 1 aliphatic rings. The summed E-state index contributed by atoms with van der Waals surface area (Å²) >= 11 is 0. The molecule has 2 aromatic rings. The number of unbranched alkanes of at least 4 members (excludes halogenated alkanes) is 1. The minimum atomic E-state index is -0.592. The van der Waals surface area contributed by atoms with Crippen LogP contribution in [0.2, 0.25) is 0 Å². The molecule has 2 amide bonds. The molecule has 1 aromatic heterocycles. The summed E-state index contributed by atoms with van der Waals surface area (Å²) < 4.78 is 5.77. The average Bonchev–Trinajstić information content (AvgIpc) is 3.20. The van der Waals surface area contributed by atoms with Crippen LogP contribution in [0.15, 0.2) is 51.5 Å². The molecule has 0 N–H and O–H groups in total. The number of aryl methyl sites for hydroxylation is 1. The van der Waals surface area contributed by atoms with Crippen LogP contribution in [0.3, 0.4) is 0 Å². The van der Waals surface area contributed by atoms with Gasteiger partial charge in [0.2, 0.25) is 0 Å². The molecule has 0 radical (unpaired) electrons. The van der Waals surface area contributed by atoms with Gasteiger partial charge in [-0.15, -0.1) is 0 Å². The van der Waals surface area contributed by atoms with E-state index in [4.69, 9.17) is 4.42 Å². The van der Waals surface area contributed by atoms with Gasteiger partial charge in [-0.3, -0.25) is 24.6 Å². The second kappa shape index (κ2) is 8.79. The second-order valence-corrected chi connectivity index (χ2v) is 7.27. The Hall–Kier alpha value is -3.99. The van der Waals surface area contributed by atoms with E-state index in [1.807, 2.05) is 13.0 Å². The minimum absolute atomic E-state index is 0.0806. The van der Waals surface area contributed by atoms with Crippen molar-refractivity contribution in [2.45, 2.75) is 33.6 Å². The van der Waals surface area contributed by atoms with E-state index in [1.54, 1.807) is 38.1 Å². The summed E-state index contributed by atoms with van der Waals surface area (Å²) in [6.45, 7) is 5.47. The summed E-state index contributed by atoms with van der Waals surface area (Å²) in [7, 11) is 0. The highest BCUT2D eigenvalue weighted by molar-refractivity contribution is 6.19. The first-order valence-electron chi connectivity index (χ1n) is 9.83. The molecule has 3 rings (SSSR count). The zero-order valence-corrected chi connectivity index (χ0v) is 17.5. The van der Waals surface area contributed by atoms with Crippen molar-refractivity contribution in [3.63, 3.8) is 0 Å². The fraction of sp³-hybridized carbons (Fsp3) is 0.261. The standard InChI is InChI=1S/C23H21N3O5/c1-4-5-10-25-22(27)18(15(3)19(13-24)23(25)28)12-16-7-9-21(31-16)17-8-6-14(2)11-20(17)26(29)30/h6-9,11-12H,4-5,10H2,1-3H3/b18-12-. The number of carbonyl (C=O) groups is 2. The van der Waals surface area contributed by atoms with E-state index in [0.717, 1.165) is 16.9 Å². The topological polar surface area (TPSA) is 117 Å². The number of furan rings is 1. The lowest BCUT2D eigenvalue weighted by Gasteiger charge is -2.27. The molecular weight excluding hydrogens is 398 g/mol. The molecule has 0 spiro atoms. The molecule has 0 saturated carbocycles. The highest BCUT2D eigenvalue weighted by atomic mass is 16.6. The normalized spacial score (nSPS) is 15.5. The Bertz CT molecular complexity index is 1180. The van der Waals surface area contributed by atoms with Gasteiger partial charge in [0.25, 0.3) is 17.5 Å². The van der Waals surface area contributed by atoms with Gasteiger partial charge in [0.1, 0.15) is 23.2 Å². The number of benzene rings is 1. The zero-order valence-electron chi connectivity index (χ0n) is 17.5. The van der Waals surface area contributed by atoms with E-state index < -0.39 is 16.7 Å². The van der Waals surface area contributed by atoms with Crippen LogP contribution in [-0.4, -0.2) is 28.2 Å². The Labute approximate surface area is 179 Å². The van der Waals surface area contributed by atoms with E-state index in [9.17, 15) is 25.0 Å². The molecule has 2 heterocycles. The van der Waals surface area contributed by atoms with E-state index >= 15 is 0 Å². The molecule has 0 fully saturated rings. The van der Waals surface area contributed by atoms with Crippen LogP contribution in [0.1, 0.15) is 38.0 Å². The fourth-order valence-corrected chi connectivity index (χ4v) is 3.37. The van der Waals surface area contributed by atoms with Gasteiger partial charge in [-0.05, 0) is 55.7 Å². The van der Waals surface area contributed by atoms with Crippen LogP contribution in [0.4, 0.5) is 5.69 Å². The first-order chi connectivity index (χ1) is 14.8. The van der Waals surface area contributed by atoms with E-state index in [0.29, 0.717) is 12.0 Å². The largest absolute Gasteiger partial charge is 0.456 e. The highest BCUT2D eigenvalue weighted by Crippen LogP contribution is 2.33. The van der Waals surface area contributed by atoms with Crippen LogP contribution < -0.4 is 0 Å². The maximum Gasteiger partial charge on any atom is 0.280 e. The Balaban J connectivity index is 2.04. The molecule has 1 aromatic carbocycles. The van der Waals surface area contributed by atoms with Crippen molar-refractivity contribution < 1.29 is 18.9 Å². The number of nitro groups is 1. The molecule has 8 heteroatoms. The van der Waals surface area contributed by atoms with Gasteiger partial charge in [-0.1, -0.05) is 19.4 Å². The molecule has 8 nitrogen and oxygen atoms in total. The number of hydrogen-bond acceptors (Lipinski definition) is 6. The second-order valence-electron chi connectivity index (χ2n) is 7.27. The van der Waals surface area contributed by atoms with Crippen LogP contribution in [-0.2, 0) is 9.59 Å². The van der Waals surface area contributed by atoms with Crippen molar-refractivity contribution in [1.82, 2.24) is 4.90 Å². The lowest BCUT2D eigenvalue weighted by Crippen LogP contribution is -2.43. The molecule has 0 saturated heterocycles. The molecule has 0 aliphatic carbocycles. The summed E-state index contributed by atoms with van der Waals surface area (Å²) in [5.41, 5.74) is 1.37. The van der Waals surface area contributed by atoms with Crippen molar-refractivity contribution in [3.05, 3.63) is 68.5 Å². The number of rotatable bonds is 6. The summed E-state index contributed by atoms with van der Waals surface area (Å²) in [5.74, 6) is -0.516. The summed E-state index contributed by atoms with van der Waals surface area (Å²) in [6, 6.07) is 9.89. The zero-order chi connectivity index (χ0) is 22.7. The van der Waals surface area contributed by atoms with Gasteiger partial charge in [-0.2, -0.15) is 5.26 Å². The lowest BCUT2D eigenvalue weighted by atomic mass is 9.94. The van der Waals surface area contributed by atoms with Crippen LogP contribution in [0.25, 0.3) is 17.4 Å². The number of hydrogen-bond donors (Lipinski definition) is 0. The molecule has 158 valence electrons. The SMILES string of the molecule is CCCCN1C(=O)C(C#N)=C(C)/C(=C/c2ccc(-c3ccc(C)cc3[N+](=O)[O-])o2)C1=O. The molecule has 1 aliphatic heterocycles. The third-order valence-electron chi connectivity index (χ3n) is 5.09. The van der Waals surface area contributed by atoms with Gasteiger partial charge in [0.05, 0.1) is 10.5 Å². The third kappa shape index (κ3) is 4.16. The monoisotopic (exact) mass is 419 g/mol. The van der Waals surface area contributed by atoms with Crippen molar-refractivity contribution >= 4 is 23.6 Å². The van der Waals surface area contributed by atoms with Crippen molar-refractivity contribution in [2.75, 3.05) is 6.54 Å². The maximum atomic E-state index is 12.9. The van der Waals surface area contributed by atoms with Gasteiger partial charge in [-0.25, -0.2) is 0 Å². The quantitative estimate of drug-likeness (QED) is 0.293. The first kappa shape index (κ1) is 21.7. The Morgan fingerprint density at radius 3 is 2.58 bits per heavy atom. The maximum absolute atomic E-state index is 12.9. The molecule has 0 bridgehead atoms. The Morgan fingerprint density at radius 2 is 1.94 bits per heavy atom. The molecular formula is C23H21N3O5. The van der Waals surface area contributed by atoms with E-state index in [2.05, 4.69) is 0 Å². The van der Waals surface area contributed by atoms with E-state index in [-0.39, 0.29) is 40.5 Å². The molecule has 0 atom stereocenters. The number of carbonyl (C=O) groups excluding carboxylic acids is 2.